The van der Waals surface area contributed by atoms with Gasteiger partial charge in [-0.1, -0.05) is 42.2 Å². The second kappa shape index (κ2) is 11.2. The van der Waals surface area contributed by atoms with Gasteiger partial charge in [0.25, 0.3) is 11.8 Å². The molecule has 1 heterocycles. The topological polar surface area (TPSA) is 67.9 Å². The highest BCUT2D eigenvalue weighted by atomic mass is 127. The first kappa shape index (κ1) is 25.1. The number of anilines is 2. The monoisotopic (exact) mass is 620 g/mol. The van der Waals surface area contributed by atoms with E-state index in [0.29, 0.717) is 35.7 Å². The van der Waals surface area contributed by atoms with Crippen molar-refractivity contribution < 1.29 is 23.5 Å². The van der Waals surface area contributed by atoms with Crippen molar-refractivity contribution in [3.8, 4) is 11.5 Å². The van der Waals surface area contributed by atoms with Crippen LogP contribution in [0.25, 0.3) is 6.08 Å². The number of benzene rings is 3. The smallest absolute Gasteiger partial charge is 0.270 e. The van der Waals surface area contributed by atoms with E-state index in [1.807, 2.05) is 36.4 Å². The first-order valence-electron chi connectivity index (χ1n) is 10.2. The first-order valence-corrected chi connectivity index (χ1v) is 12.5. The number of hydrogen-bond donors (Lipinski definition) is 1. The maximum atomic E-state index is 13.0. The highest BCUT2D eigenvalue weighted by Gasteiger charge is 2.33. The molecule has 178 valence electrons. The molecule has 3 aromatic rings. The molecule has 0 aliphatic carbocycles. The Labute approximate surface area is 224 Å². The highest BCUT2D eigenvalue weighted by Crippen LogP contribution is 2.38. The third-order valence-corrected chi connectivity index (χ3v) is 6.94. The molecule has 1 saturated heterocycles. The van der Waals surface area contributed by atoms with E-state index < -0.39 is 5.91 Å². The Morgan fingerprint density at radius 3 is 2.57 bits per heavy atom. The molecule has 0 aromatic heterocycles. The van der Waals surface area contributed by atoms with E-state index in [0.717, 1.165) is 5.56 Å². The van der Waals surface area contributed by atoms with E-state index in [4.69, 9.17) is 21.7 Å². The van der Waals surface area contributed by atoms with E-state index in [1.54, 1.807) is 12.1 Å². The van der Waals surface area contributed by atoms with Crippen LogP contribution in [0.5, 0.6) is 11.5 Å². The van der Waals surface area contributed by atoms with Crippen molar-refractivity contribution in [3.05, 3.63) is 86.6 Å². The zero-order valence-corrected chi connectivity index (χ0v) is 22.1. The molecule has 0 saturated carbocycles. The summed E-state index contributed by atoms with van der Waals surface area (Å²) in [6.07, 6.45) is 1.75. The maximum Gasteiger partial charge on any atom is 0.270 e. The average Bonchev–Trinajstić information content (AvgIpc) is 3.12. The number of rotatable bonds is 7. The molecule has 10 heteroatoms. The summed E-state index contributed by atoms with van der Waals surface area (Å²) >= 11 is 8.74. The van der Waals surface area contributed by atoms with Crippen molar-refractivity contribution in [1.82, 2.24) is 0 Å². The van der Waals surface area contributed by atoms with Crippen LogP contribution in [-0.2, 0) is 9.59 Å². The molecule has 0 atom stereocenters. The van der Waals surface area contributed by atoms with Gasteiger partial charge in [-0.05, 0) is 82.8 Å². The van der Waals surface area contributed by atoms with Crippen molar-refractivity contribution in [2.45, 2.75) is 0 Å². The Morgan fingerprint density at radius 1 is 1.17 bits per heavy atom. The summed E-state index contributed by atoms with van der Waals surface area (Å²) < 4.78 is 25.4. The lowest BCUT2D eigenvalue weighted by atomic mass is 10.1. The maximum absolute atomic E-state index is 13.0. The van der Waals surface area contributed by atoms with Gasteiger partial charge in [-0.3, -0.25) is 14.5 Å². The Balaban J connectivity index is 1.49. The number of hydrogen-bond acceptors (Lipinski definition) is 6. The number of amides is 2. The minimum absolute atomic E-state index is 0.196. The van der Waals surface area contributed by atoms with Gasteiger partial charge in [0.1, 0.15) is 5.82 Å². The molecule has 1 aliphatic rings. The van der Waals surface area contributed by atoms with Gasteiger partial charge in [-0.25, -0.2) is 4.39 Å². The number of halogens is 2. The Kier molecular flexibility index (Phi) is 8.04. The van der Waals surface area contributed by atoms with Crippen LogP contribution >= 0.6 is 46.6 Å². The van der Waals surface area contributed by atoms with Crippen LogP contribution in [0, 0.1) is 9.39 Å². The summed E-state index contributed by atoms with van der Waals surface area (Å²) in [5.74, 6) is -0.172. The number of thiocarbonyl (C=S) groups is 1. The molecule has 35 heavy (non-hydrogen) atoms. The average molecular weight is 620 g/mol. The number of carbonyl (C=O) groups is 2. The lowest BCUT2D eigenvalue weighted by Crippen LogP contribution is -2.27. The summed E-state index contributed by atoms with van der Waals surface area (Å²) in [7, 11) is 1.50. The summed E-state index contributed by atoms with van der Waals surface area (Å²) in [5.41, 5.74) is 1.90. The van der Waals surface area contributed by atoms with E-state index >= 15 is 0 Å². The van der Waals surface area contributed by atoms with E-state index in [2.05, 4.69) is 27.9 Å². The summed E-state index contributed by atoms with van der Waals surface area (Å²) in [6, 6.07) is 18.2. The predicted molar refractivity (Wildman–Crippen MR) is 148 cm³/mol. The molecule has 0 unspecified atom stereocenters. The number of nitrogens with one attached hydrogen (secondary N) is 1. The predicted octanol–water partition coefficient (Wildman–Crippen LogP) is 5.86. The molecule has 6 nitrogen and oxygen atoms in total. The largest absolute Gasteiger partial charge is 0.493 e. The van der Waals surface area contributed by atoms with Crippen molar-refractivity contribution in [2.24, 2.45) is 0 Å². The van der Waals surface area contributed by atoms with Gasteiger partial charge in [-0.15, -0.1) is 0 Å². The molecule has 0 bridgehead atoms. The molecular formula is C25H18FIN2O4S2. The zero-order chi connectivity index (χ0) is 24.9. The van der Waals surface area contributed by atoms with Gasteiger partial charge >= 0.3 is 0 Å². The molecule has 4 rings (SSSR count). The van der Waals surface area contributed by atoms with Gasteiger partial charge < -0.3 is 14.8 Å². The van der Waals surface area contributed by atoms with Gasteiger partial charge in [0.2, 0.25) is 0 Å². The van der Waals surface area contributed by atoms with Crippen LogP contribution in [0.2, 0.25) is 0 Å². The van der Waals surface area contributed by atoms with E-state index in [9.17, 15) is 14.0 Å². The minimum atomic E-state index is -0.400. The fourth-order valence-electron chi connectivity index (χ4n) is 3.25. The lowest BCUT2D eigenvalue weighted by molar-refractivity contribution is -0.118. The first-order chi connectivity index (χ1) is 16.9. The van der Waals surface area contributed by atoms with Crippen LogP contribution in [0.1, 0.15) is 5.56 Å². The second-order valence-corrected chi connectivity index (χ2v) is 10.1. The van der Waals surface area contributed by atoms with Gasteiger partial charge in [0.15, 0.2) is 22.4 Å². The van der Waals surface area contributed by atoms with Crippen LogP contribution in [0.3, 0.4) is 0 Å². The fraction of sp³-hybridized carbons (Fsp3) is 0.0800. The molecule has 1 fully saturated rings. The number of nitrogens with zero attached hydrogens (tertiary/aromatic N) is 1. The Hall–Kier alpha value is -2.96. The molecule has 0 spiro atoms. The number of carbonyl (C=O) groups excluding carboxylic acids is 2. The van der Waals surface area contributed by atoms with Crippen LogP contribution in [0.4, 0.5) is 15.8 Å². The SMILES string of the molecule is COc1cc(/C=C2/SC(=S)N(c3ccccc3)C2=O)cc(I)c1OCC(=O)Nc1ccc(F)cc1. The molecule has 2 amide bonds. The number of methoxy groups -OCH3 is 1. The van der Waals surface area contributed by atoms with Gasteiger partial charge in [0, 0.05) is 5.69 Å². The Bertz CT molecular complexity index is 1320. The quantitative estimate of drug-likeness (QED) is 0.203. The van der Waals surface area contributed by atoms with Crippen molar-refractivity contribution in [3.63, 3.8) is 0 Å². The summed E-state index contributed by atoms with van der Waals surface area (Å²) in [6.45, 7) is -0.265. The molecule has 3 aromatic carbocycles. The van der Waals surface area contributed by atoms with Crippen molar-refractivity contribution >= 4 is 80.2 Å². The zero-order valence-electron chi connectivity index (χ0n) is 18.3. The summed E-state index contributed by atoms with van der Waals surface area (Å²) in [4.78, 5) is 27.2. The minimum Gasteiger partial charge on any atom is -0.493 e. The third-order valence-electron chi connectivity index (χ3n) is 4.83. The van der Waals surface area contributed by atoms with Crippen LogP contribution in [-0.4, -0.2) is 29.9 Å². The number of thioether (sulfide) groups is 1. The van der Waals surface area contributed by atoms with Crippen LogP contribution in [0.15, 0.2) is 71.6 Å². The highest BCUT2D eigenvalue weighted by molar-refractivity contribution is 14.1. The molecule has 1 N–H and O–H groups in total. The third kappa shape index (κ3) is 6.00. The molecule has 1 aliphatic heterocycles. The van der Waals surface area contributed by atoms with Gasteiger partial charge in [0.05, 0.1) is 21.3 Å². The van der Waals surface area contributed by atoms with E-state index in [1.165, 1.54) is 48.0 Å². The summed E-state index contributed by atoms with van der Waals surface area (Å²) in [5, 5.41) is 2.64. The number of para-hydroxylation sites is 1. The van der Waals surface area contributed by atoms with Crippen molar-refractivity contribution in [1.29, 1.82) is 0 Å². The number of ether oxygens (including phenoxy) is 2. The standard InChI is InChI=1S/C25H18FIN2O4S2/c1-32-20-12-15(13-21-24(31)29(25(34)35-21)18-5-3-2-4-6-18)11-19(27)23(20)33-14-22(30)28-17-9-7-16(26)8-10-17/h2-13H,14H2,1H3,(H,28,30)/b21-13+. The lowest BCUT2D eigenvalue weighted by Gasteiger charge is -2.14. The fourth-order valence-corrected chi connectivity index (χ4v) is 5.33. The molecular weight excluding hydrogens is 602 g/mol. The van der Waals surface area contributed by atoms with Crippen LogP contribution < -0.4 is 19.7 Å². The van der Waals surface area contributed by atoms with Crippen molar-refractivity contribution in [2.75, 3.05) is 23.9 Å². The van der Waals surface area contributed by atoms with E-state index in [-0.39, 0.29) is 18.3 Å². The molecule has 0 radical (unpaired) electrons. The van der Waals surface area contributed by atoms with Gasteiger partial charge in [-0.2, -0.15) is 0 Å². The normalized spacial score (nSPS) is 14.4. The Morgan fingerprint density at radius 2 is 1.89 bits per heavy atom. The second-order valence-electron chi connectivity index (χ2n) is 7.23.